The molecule has 31 heavy (non-hydrogen) atoms. The molecule has 2 fully saturated rings. The molecule has 2 aromatic heterocycles. The van der Waals surface area contributed by atoms with Gasteiger partial charge in [-0.1, -0.05) is 11.6 Å². The van der Waals surface area contributed by atoms with Gasteiger partial charge in [-0.15, -0.1) is 10.2 Å². The number of halogens is 1. The fourth-order valence-electron chi connectivity index (χ4n) is 3.88. The Morgan fingerprint density at radius 3 is 1.71 bits per heavy atom. The number of rotatable bonds is 5. The molecule has 0 unspecified atom stereocenters. The number of nitrogens with zero attached hydrogens (tertiary/aromatic N) is 7. The van der Waals surface area contributed by atoms with Gasteiger partial charge in [0.1, 0.15) is 0 Å². The average molecular weight is 450 g/mol. The average Bonchev–Trinajstić information content (AvgIpc) is 2.72. The first-order valence-corrected chi connectivity index (χ1v) is 10.5. The second-order valence-electron chi connectivity index (χ2n) is 8.07. The van der Waals surface area contributed by atoms with E-state index in [4.69, 9.17) is 34.5 Å². The molecule has 4 atom stereocenters. The summed E-state index contributed by atoms with van der Waals surface area (Å²) < 4.78 is 0. The summed E-state index contributed by atoms with van der Waals surface area (Å²) in [5.74, 6) is 1.72. The second kappa shape index (κ2) is 9.28. The van der Waals surface area contributed by atoms with Crippen LogP contribution in [0.3, 0.4) is 0 Å². The number of piperidine rings is 2. The lowest BCUT2D eigenvalue weighted by Crippen LogP contribution is -2.54. The Labute approximate surface area is 184 Å². The minimum atomic E-state index is -0.0559. The quantitative estimate of drug-likeness (QED) is 0.288. The smallest absolute Gasteiger partial charge is 0.248 e. The zero-order valence-electron chi connectivity index (χ0n) is 17.0. The molecule has 14 heteroatoms. The molecule has 0 aliphatic carbocycles. The van der Waals surface area contributed by atoms with E-state index in [9.17, 15) is 0 Å². The molecule has 10 N–H and O–H groups in total. The zero-order chi connectivity index (χ0) is 22.0. The Balaban J connectivity index is 1.60. The van der Waals surface area contributed by atoms with Crippen molar-refractivity contribution < 1.29 is 0 Å². The molecule has 0 aromatic carbocycles. The first-order chi connectivity index (χ1) is 14.9. The Morgan fingerprint density at radius 1 is 0.742 bits per heavy atom. The van der Waals surface area contributed by atoms with Gasteiger partial charge in [0.15, 0.2) is 11.0 Å². The summed E-state index contributed by atoms with van der Waals surface area (Å²) in [7, 11) is 0. The van der Waals surface area contributed by atoms with Gasteiger partial charge in [-0.25, -0.2) is 0 Å². The van der Waals surface area contributed by atoms with Gasteiger partial charge in [-0.05, 0) is 25.0 Å². The van der Waals surface area contributed by atoms with Crippen LogP contribution < -0.4 is 43.6 Å². The number of hydrazine groups is 1. The highest BCUT2D eigenvalue weighted by molar-refractivity contribution is 6.29. The van der Waals surface area contributed by atoms with E-state index in [1.807, 2.05) is 9.80 Å². The molecule has 13 nitrogen and oxygen atoms in total. The van der Waals surface area contributed by atoms with Crippen LogP contribution in [0, 0.1) is 0 Å². The van der Waals surface area contributed by atoms with Gasteiger partial charge < -0.3 is 32.7 Å². The molecule has 2 aromatic rings. The number of hydrogen-bond donors (Lipinski definition) is 6. The van der Waals surface area contributed by atoms with Gasteiger partial charge in [-0.2, -0.15) is 15.0 Å². The number of nitrogens with two attached hydrogens (primary N) is 4. The normalized spacial score (nSPS) is 26.6. The largest absolute Gasteiger partial charge is 0.338 e. The molecule has 0 amide bonds. The van der Waals surface area contributed by atoms with Crippen molar-refractivity contribution in [2.75, 3.05) is 46.8 Å². The first kappa shape index (κ1) is 21.6. The topological polar surface area (TPSA) is 199 Å². The van der Waals surface area contributed by atoms with Crippen LogP contribution in [0.4, 0.5) is 23.7 Å². The zero-order valence-corrected chi connectivity index (χ0v) is 17.8. The predicted octanol–water partition coefficient (Wildman–Crippen LogP) is -1.52. The molecule has 0 radical (unpaired) electrons. The second-order valence-corrected chi connectivity index (χ2v) is 8.46. The molecule has 2 aliphatic rings. The minimum absolute atomic E-state index is 0.0559. The fraction of sp³-hybridized carbons (Fsp3) is 0.588. The maximum absolute atomic E-state index is 6.16. The summed E-state index contributed by atoms with van der Waals surface area (Å²) in [5.41, 5.74) is 30.5. The molecule has 168 valence electrons. The van der Waals surface area contributed by atoms with Crippen LogP contribution in [0.1, 0.15) is 12.8 Å². The van der Waals surface area contributed by atoms with Gasteiger partial charge in [0.05, 0.1) is 0 Å². The van der Waals surface area contributed by atoms with Crippen molar-refractivity contribution >= 4 is 35.3 Å². The minimum Gasteiger partial charge on any atom is -0.338 e. The monoisotopic (exact) mass is 449 g/mol. The van der Waals surface area contributed by atoms with E-state index < -0.39 is 0 Å². The maximum atomic E-state index is 6.16. The van der Waals surface area contributed by atoms with E-state index >= 15 is 0 Å². The van der Waals surface area contributed by atoms with E-state index in [-0.39, 0.29) is 24.2 Å². The lowest BCUT2D eigenvalue weighted by molar-refractivity contribution is 0.441. The third-order valence-corrected chi connectivity index (χ3v) is 5.34. The van der Waals surface area contributed by atoms with Crippen LogP contribution in [-0.2, 0) is 0 Å². The summed E-state index contributed by atoms with van der Waals surface area (Å²) in [6, 6.07) is 3.07. The Hall–Kier alpha value is -2.58. The van der Waals surface area contributed by atoms with Crippen molar-refractivity contribution in [2.45, 2.75) is 37.0 Å². The van der Waals surface area contributed by atoms with Crippen molar-refractivity contribution in [1.29, 1.82) is 0 Å². The number of anilines is 4. The molecular formula is C17H28ClN13. The molecular weight excluding hydrogens is 422 g/mol. The number of aromatic nitrogens is 5. The van der Waals surface area contributed by atoms with E-state index in [1.165, 1.54) is 0 Å². The lowest BCUT2D eigenvalue weighted by atomic mass is 10.0. The first-order valence-electron chi connectivity index (χ1n) is 10.1. The third kappa shape index (κ3) is 5.57. The van der Waals surface area contributed by atoms with E-state index in [2.05, 4.69) is 36.0 Å². The summed E-state index contributed by atoms with van der Waals surface area (Å²) >= 11 is 5.78. The summed E-state index contributed by atoms with van der Waals surface area (Å²) in [6.07, 6.45) is 1.51. The summed E-state index contributed by atoms with van der Waals surface area (Å²) in [5, 5.41) is 8.04. The highest BCUT2D eigenvalue weighted by Gasteiger charge is 2.28. The Kier molecular flexibility index (Phi) is 6.48. The van der Waals surface area contributed by atoms with Crippen molar-refractivity contribution in [3.63, 3.8) is 0 Å². The fourth-order valence-corrected chi connectivity index (χ4v) is 3.98. The SMILES string of the molecule is N[C@@H]1C[C@H](N)CN(c2nc(NNc3ccc(Cl)nn3)nc(N3C[C@H](N)C[C@H](N)C3)n2)C1. The standard InChI is InChI=1S/C17H28ClN13/c18-13-1-2-14(27-26-13)28-29-15-23-16(30-5-9(19)3-10(20)6-30)25-17(24-15)31-7-11(21)4-12(22)8-31/h1-2,9-12H,3-8,19-22H2,(H,27,28)(H,23,24,25,29)/t9-,10+,11-,12+. The van der Waals surface area contributed by atoms with Crippen LogP contribution in [0.15, 0.2) is 12.1 Å². The van der Waals surface area contributed by atoms with Crippen LogP contribution >= 0.6 is 11.6 Å². The van der Waals surface area contributed by atoms with Crippen molar-refractivity contribution in [3.8, 4) is 0 Å². The van der Waals surface area contributed by atoms with Crippen LogP contribution in [-0.4, -0.2) is 75.5 Å². The van der Waals surface area contributed by atoms with Crippen LogP contribution in [0.25, 0.3) is 0 Å². The van der Waals surface area contributed by atoms with Crippen LogP contribution in [0.5, 0.6) is 0 Å². The van der Waals surface area contributed by atoms with E-state index in [0.717, 1.165) is 12.8 Å². The molecule has 0 bridgehead atoms. The Morgan fingerprint density at radius 2 is 1.26 bits per heavy atom. The summed E-state index contributed by atoms with van der Waals surface area (Å²) in [4.78, 5) is 17.7. The molecule has 2 saturated heterocycles. The van der Waals surface area contributed by atoms with E-state index in [1.54, 1.807) is 12.1 Å². The highest BCUT2D eigenvalue weighted by Crippen LogP contribution is 2.22. The van der Waals surface area contributed by atoms with Gasteiger partial charge in [-0.3, -0.25) is 10.9 Å². The van der Waals surface area contributed by atoms with E-state index in [0.29, 0.717) is 55.0 Å². The summed E-state index contributed by atoms with van der Waals surface area (Å²) in [6.45, 7) is 2.41. The molecule has 4 rings (SSSR count). The molecule has 0 spiro atoms. The van der Waals surface area contributed by atoms with Crippen molar-refractivity contribution in [3.05, 3.63) is 17.3 Å². The third-order valence-electron chi connectivity index (χ3n) is 5.14. The number of hydrogen-bond acceptors (Lipinski definition) is 13. The molecule has 4 heterocycles. The van der Waals surface area contributed by atoms with Gasteiger partial charge >= 0.3 is 0 Å². The molecule has 0 saturated carbocycles. The van der Waals surface area contributed by atoms with Crippen molar-refractivity contribution in [2.24, 2.45) is 22.9 Å². The lowest BCUT2D eigenvalue weighted by Gasteiger charge is -2.36. The maximum Gasteiger partial charge on any atom is 0.248 e. The van der Waals surface area contributed by atoms with Crippen molar-refractivity contribution in [1.82, 2.24) is 25.1 Å². The van der Waals surface area contributed by atoms with Crippen LogP contribution in [0.2, 0.25) is 5.15 Å². The number of nitrogens with one attached hydrogen (secondary N) is 2. The van der Waals surface area contributed by atoms with Gasteiger partial charge in [0.2, 0.25) is 17.8 Å². The Bertz CT molecular complexity index is 817. The highest BCUT2D eigenvalue weighted by atomic mass is 35.5. The predicted molar refractivity (Wildman–Crippen MR) is 120 cm³/mol. The molecule has 2 aliphatic heterocycles. The van der Waals surface area contributed by atoms with Gasteiger partial charge in [0.25, 0.3) is 0 Å². The van der Waals surface area contributed by atoms with Gasteiger partial charge in [0, 0.05) is 50.3 Å².